The van der Waals surface area contributed by atoms with Crippen LogP contribution in [0.15, 0.2) is 18.2 Å². The first-order valence-electron chi connectivity index (χ1n) is 8.01. The van der Waals surface area contributed by atoms with Gasteiger partial charge in [-0.15, -0.1) is 0 Å². The van der Waals surface area contributed by atoms with Crippen molar-refractivity contribution in [3.05, 3.63) is 28.8 Å². The first kappa shape index (κ1) is 16.6. The Hall–Kier alpha value is -0.730. The van der Waals surface area contributed by atoms with Crippen LogP contribution < -0.4 is 4.90 Å². The van der Waals surface area contributed by atoms with E-state index in [1.807, 2.05) is 12.1 Å². The van der Waals surface area contributed by atoms with Crippen molar-refractivity contribution in [2.24, 2.45) is 11.3 Å². The van der Waals surface area contributed by atoms with Crippen LogP contribution in [0.4, 0.5) is 5.69 Å². The molecule has 2 nitrogen and oxygen atoms in total. The molecule has 0 aromatic heterocycles. The van der Waals surface area contributed by atoms with Gasteiger partial charge in [-0.25, -0.2) is 0 Å². The molecule has 2 rings (SSSR count). The first-order chi connectivity index (χ1) is 9.79. The van der Waals surface area contributed by atoms with Crippen LogP contribution in [0.25, 0.3) is 0 Å². The minimum atomic E-state index is -0.513. The Morgan fingerprint density at radius 1 is 1.24 bits per heavy atom. The van der Waals surface area contributed by atoms with E-state index in [0.29, 0.717) is 10.4 Å². The maximum Gasteiger partial charge on any atom is 0.0776 e. The fourth-order valence-electron chi connectivity index (χ4n) is 3.27. The zero-order chi connectivity index (χ0) is 15.6. The summed E-state index contributed by atoms with van der Waals surface area (Å²) in [6, 6.07) is 6.04. The molecule has 1 aliphatic rings. The summed E-state index contributed by atoms with van der Waals surface area (Å²) in [5.74, 6) is 0.787. The van der Waals surface area contributed by atoms with Crippen LogP contribution in [-0.2, 0) is 0 Å². The second kappa shape index (κ2) is 6.58. The van der Waals surface area contributed by atoms with E-state index in [-0.39, 0.29) is 0 Å². The normalized spacial score (nSPS) is 22.0. The lowest BCUT2D eigenvalue weighted by molar-refractivity contribution is 0.199. The summed E-state index contributed by atoms with van der Waals surface area (Å²) >= 11 is 6.30. The van der Waals surface area contributed by atoms with Crippen molar-refractivity contribution in [1.29, 1.82) is 0 Å². The summed E-state index contributed by atoms with van der Waals surface area (Å²) < 4.78 is 0. The largest absolute Gasteiger partial charge is 0.389 e. The molecule has 2 unspecified atom stereocenters. The highest BCUT2D eigenvalue weighted by molar-refractivity contribution is 6.31. The number of anilines is 1. The smallest absolute Gasteiger partial charge is 0.0776 e. The van der Waals surface area contributed by atoms with Gasteiger partial charge in [-0.05, 0) is 55.2 Å². The molecule has 1 fully saturated rings. The Labute approximate surface area is 134 Å². The van der Waals surface area contributed by atoms with Crippen LogP contribution in [0.2, 0.25) is 5.02 Å². The van der Waals surface area contributed by atoms with Gasteiger partial charge in [0.05, 0.1) is 6.10 Å². The summed E-state index contributed by atoms with van der Waals surface area (Å²) in [7, 11) is 0. The molecule has 0 amide bonds. The van der Waals surface area contributed by atoms with E-state index in [1.54, 1.807) is 6.92 Å². The van der Waals surface area contributed by atoms with Gasteiger partial charge in [0.25, 0.3) is 0 Å². The number of rotatable bonds is 2. The van der Waals surface area contributed by atoms with Crippen molar-refractivity contribution >= 4 is 17.3 Å². The molecule has 1 N–H and O–H groups in total. The Morgan fingerprint density at radius 3 is 2.52 bits per heavy atom. The number of hydrogen-bond donors (Lipinski definition) is 1. The summed E-state index contributed by atoms with van der Waals surface area (Å²) in [5, 5.41) is 10.3. The van der Waals surface area contributed by atoms with Gasteiger partial charge in [0.1, 0.15) is 0 Å². The van der Waals surface area contributed by atoms with Crippen LogP contribution in [0.3, 0.4) is 0 Å². The number of benzene rings is 1. The monoisotopic (exact) mass is 309 g/mol. The number of nitrogens with zero attached hydrogens (tertiary/aromatic N) is 1. The molecule has 2 atom stereocenters. The van der Waals surface area contributed by atoms with Crippen molar-refractivity contribution in [2.45, 2.75) is 53.1 Å². The summed E-state index contributed by atoms with van der Waals surface area (Å²) in [6.45, 7) is 11.0. The van der Waals surface area contributed by atoms with Crippen LogP contribution in [-0.4, -0.2) is 18.2 Å². The highest BCUT2D eigenvalue weighted by atomic mass is 35.5. The van der Waals surface area contributed by atoms with Crippen molar-refractivity contribution in [3.8, 4) is 0 Å². The van der Waals surface area contributed by atoms with Gasteiger partial charge in [0.2, 0.25) is 0 Å². The topological polar surface area (TPSA) is 23.5 Å². The Kier molecular flexibility index (Phi) is 5.21. The molecule has 0 bridgehead atoms. The van der Waals surface area contributed by atoms with E-state index < -0.39 is 6.10 Å². The molecular weight excluding hydrogens is 282 g/mol. The van der Waals surface area contributed by atoms with E-state index in [0.717, 1.165) is 24.6 Å². The van der Waals surface area contributed by atoms with E-state index in [2.05, 4.69) is 31.7 Å². The van der Waals surface area contributed by atoms with Gasteiger partial charge in [-0.2, -0.15) is 0 Å². The molecule has 1 aliphatic heterocycles. The molecular formula is C18H28ClNO. The van der Waals surface area contributed by atoms with Crippen molar-refractivity contribution < 1.29 is 5.11 Å². The highest BCUT2D eigenvalue weighted by Crippen LogP contribution is 2.36. The molecule has 0 radical (unpaired) electrons. The van der Waals surface area contributed by atoms with Gasteiger partial charge >= 0.3 is 0 Å². The molecule has 0 saturated carbocycles. The molecule has 1 aromatic carbocycles. The number of hydrogen-bond acceptors (Lipinski definition) is 2. The Bertz CT molecular complexity index is 479. The molecule has 1 heterocycles. The zero-order valence-electron chi connectivity index (χ0n) is 13.7. The maximum absolute atomic E-state index is 9.68. The minimum Gasteiger partial charge on any atom is -0.389 e. The van der Waals surface area contributed by atoms with Gasteiger partial charge < -0.3 is 10.0 Å². The number of aliphatic hydroxyl groups is 1. The third-order valence-electron chi connectivity index (χ3n) is 4.75. The lowest BCUT2D eigenvalue weighted by Crippen LogP contribution is -2.26. The maximum atomic E-state index is 9.68. The lowest BCUT2D eigenvalue weighted by Gasteiger charge is -2.30. The summed E-state index contributed by atoms with van der Waals surface area (Å²) in [4.78, 5) is 2.43. The van der Waals surface area contributed by atoms with E-state index in [9.17, 15) is 5.11 Å². The van der Waals surface area contributed by atoms with Crippen LogP contribution in [0.1, 0.15) is 58.6 Å². The second-order valence-corrected chi connectivity index (χ2v) is 7.77. The molecule has 3 heteroatoms. The Balaban J connectivity index is 2.11. The fraction of sp³-hybridized carbons (Fsp3) is 0.667. The highest BCUT2D eigenvalue weighted by Gasteiger charge is 2.27. The lowest BCUT2D eigenvalue weighted by atomic mass is 9.77. The zero-order valence-corrected chi connectivity index (χ0v) is 14.5. The summed E-state index contributed by atoms with van der Waals surface area (Å²) in [5.41, 5.74) is 2.38. The van der Waals surface area contributed by atoms with E-state index in [4.69, 9.17) is 11.6 Å². The quantitative estimate of drug-likeness (QED) is 0.826. The van der Waals surface area contributed by atoms with Crippen molar-refractivity contribution in [2.75, 3.05) is 18.0 Å². The average molecular weight is 310 g/mol. The average Bonchev–Trinajstić information content (AvgIpc) is 2.63. The molecule has 1 saturated heterocycles. The molecule has 21 heavy (non-hydrogen) atoms. The van der Waals surface area contributed by atoms with Crippen molar-refractivity contribution in [1.82, 2.24) is 0 Å². The van der Waals surface area contributed by atoms with Crippen molar-refractivity contribution in [3.63, 3.8) is 0 Å². The van der Waals surface area contributed by atoms with Crippen LogP contribution >= 0.6 is 11.6 Å². The number of aliphatic hydroxyl groups excluding tert-OH is 1. The van der Waals surface area contributed by atoms with Crippen LogP contribution in [0.5, 0.6) is 0 Å². The third-order valence-corrected chi connectivity index (χ3v) is 5.08. The standard InChI is InChI=1S/C18H28ClNO/c1-13(21)16-8-7-15(12-17(16)19)20-10-5-6-14(9-11-20)18(2,3)4/h7-8,12-14,21H,5-6,9-11H2,1-4H3. The summed E-state index contributed by atoms with van der Waals surface area (Å²) in [6.07, 6.45) is 3.26. The molecule has 1 aromatic rings. The molecule has 0 aliphatic carbocycles. The van der Waals surface area contributed by atoms with E-state index >= 15 is 0 Å². The first-order valence-corrected chi connectivity index (χ1v) is 8.39. The predicted molar refractivity (Wildman–Crippen MR) is 91.1 cm³/mol. The van der Waals surface area contributed by atoms with E-state index in [1.165, 1.54) is 24.9 Å². The number of halogens is 1. The molecule has 118 valence electrons. The van der Waals surface area contributed by atoms with Gasteiger partial charge in [0, 0.05) is 23.8 Å². The molecule has 0 spiro atoms. The third kappa shape index (κ3) is 4.14. The fourth-order valence-corrected chi connectivity index (χ4v) is 3.60. The van der Waals surface area contributed by atoms with Gasteiger partial charge in [-0.1, -0.05) is 38.4 Å². The second-order valence-electron chi connectivity index (χ2n) is 7.36. The minimum absolute atomic E-state index is 0.393. The SMILES string of the molecule is CC(O)c1ccc(N2CCCC(C(C)(C)C)CC2)cc1Cl. The van der Waals surface area contributed by atoms with Gasteiger partial charge in [0.15, 0.2) is 0 Å². The Morgan fingerprint density at radius 2 is 1.95 bits per heavy atom. The van der Waals surface area contributed by atoms with Gasteiger partial charge in [-0.3, -0.25) is 0 Å². The predicted octanol–water partition coefficient (Wildman–Crippen LogP) is 5.05. The van der Waals surface area contributed by atoms with Crippen LogP contribution in [0, 0.1) is 11.3 Å².